The first-order valence-electron chi connectivity index (χ1n) is 9.09. The number of furan rings is 1. The van der Waals surface area contributed by atoms with E-state index >= 15 is 0 Å². The van der Waals surface area contributed by atoms with Crippen molar-refractivity contribution in [3.8, 4) is 0 Å². The molecule has 1 aliphatic heterocycles. The van der Waals surface area contributed by atoms with Gasteiger partial charge in [-0.25, -0.2) is 0 Å². The highest BCUT2D eigenvalue weighted by Gasteiger charge is 2.48. The topological polar surface area (TPSA) is 70.8 Å². The van der Waals surface area contributed by atoms with Crippen molar-refractivity contribution in [2.45, 2.75) is 19.8 Å². The lowest BCUT2D eigenvalue weighted by Crippen LogP contribution is -2.44. The van der Waals surface area contributed by atoms with E-state index in [0.717, 1.165) is 5.56 Å². The number of aryl methyl sites for hydroxylation is 1. The zero-order valence-electron chi connectivity index (χ0n) is 15.3. The minimum atomic E-state index is -0.446. The number of rotatable bonds is 4. The molecule has 0 radical (unpaired) electrons. The largest absolute Gasteiger partial charge is 0.459 e. The fourth-order valence-corrected chi connectivity index (χ4v) is 3.87. The summed E-state index contributed by atoms with van der Waals surface area (Å²) in [4.78, 5) is 41.2. The number of fused-ring (bicyclic) bond motifs is 1. The smallest absolute Gasteiger partial charge is 0.295 e. The summed E-state index contributed by atoms with van der Waals surface area (Å²) in [5, 5.41) is 0.492. The summed E-state index contributed by atoms with van der Waals surface area (Å²) in [5.41, 5.74) is 1.35. The number of amides is 3. The van der Waals surface area contributed by atoms with Gasteiger partial charge in [-0.3, -0.25) is 24.2 Å². The maximum atomic E-state index is 13.0. The van der Waals surface area contributed by atoms with Gasteiger partial charge in [-0.2, -0.15) is 0 Å². The van der Waals surface area contributed by atoms with Crippen LogP contribution in [0.3, 0.4) is 0 Å². The van der Waals surface area contributed by atoms with E-state index in [1.807, 2.05) is 19.1 Å². The molecule has 2 atom stereocenters. The average Bonchev–Trinajstić information content (AvgIpc) is 3.31. The number of carbonyl (C=O) groups excluding carboxylic acids is 3. The fraction of sp³-hybridized carbons (Fsp3) is 0.286. The number of halogens is 1. The van der Waals surface area contributed by atoms with Gasteiger partial charge in [-0.1, -0.05) is 29.8 Å². The summed E-state index contributed by atoms with van der Waals surface area (Å²) in [6.07, 6.45) is 6.37. The second kappa shape index (κ2) is 7.28. The highest BCUT2D eigenvalue weighted by Crippen LogP contribution is 2.36. The molecule has 28 heavy (non-hydrogen) atoms. The molecular weight excluding hydrogens is 380 g/mol. The molecule has 0 spiro atoms. The van der Waals surface area contributed by atoms with Crippen LogP contribution in [0, 0.1) is 18.8 Å². The van der Waals surface area contributed by atoms with Crippen LogP contribution in [0.5, 0.6) is 0 Å². The molecule has 7 heteroatoms. The maximum Gasteiger partial charge on any atom is 0.295 e. The SMILES string of the molecule is Cc1ccc(N(CN2C(=O)[C@@H]3CC=CC[C@H]3C2=O)C(=O)c2ccco2)cc1Cl. The van der Waals surface area contributed by atoms with E-state index in [4.69, 9.17) is 16.0 Å². The Morgan fingerprint density at radius 2 is 1.86 bits per heavy atom. The molecule has 2 aromatic rings. The molecule has 0 bridgehead atoms. The van der Waals surface area contributed by atoms with E-state index in [0.29, 0.717) is 23.6 Å². The lowest BCUT2D eigenvalue weighted by atomic mass is 9.85. The van der Waals surface area contributed by atoms with Gasteiger partial charge < -0.3 is 4.42 Å². The number of hydrogen-bond donors (Lipinski definition) is 0. The zero-order chi connectivity index (χ0) is 19.8. The molecule has 1 saturated heterocycles. The number of likely N-dealkylation sites (tertiary alicyclic amines) is 1. The second-order valence-corrected chi connectivity index (χ2v) is 7.45. The molecule has 1 aromatic carbocycles. The molecule has 0 N–H and O–H groups in total. The molecule has 0 unspecified atom stereocenters. The molecule has 1 aromatic heterocycles. The first-order valence-corrected chi connectivity index (χ1v) is 9.47. The summed E-state index contributed by atoms with van der Waals surface area (Å²) >= 11 is 6.24. The van der Waals surface area contributed by atoms with E-state index in [-0.39, 0.29) is 36.1 Å². The average molecular weight is 399 g/mol. The maximum absolute atomic E-state index is 13.0. The van der Waals surface area contributed by atoms with Crippen molar-refractivity contribution < 1.29 is 18.8 Å². The first-order chi connectivity index (χ1) is 13.5. The molecule has 1 fully saturated rings. The van der Waals surface area contributed by atoms with Crippen LogP contribution in [-0.2, 0) is 9.59 Å². The minimum Gasteiger partial charge on any atom is -0.459 e. The summed E-state index contributed by atoms with van der Waals surface area (Å²) in [6, 6.07) is 8.33. The third-order valence-electron chi connectivity index (χ3n) is 5.33. The van der Waals surface area contributed by atoms with Crippen molar-refractivity contribution in [3.05, 3.63) is 65.1 Å². The summed E-state index contributed by atoms with van der Waals surface area (Å²) in [6.45, 7) is 1.68. The third-order valence-corrected chi connectivity index (χ3v) is 5.73. The Balaban J connectivity index is 1.68. The first kappa shape index (κ1) is 18.5. The summed E-state index contributed by atoms with van der Waals surface area (Å²) in [5.74, 6) is -1.50. The Kier molecular flexibility index (Phi) is 4.81. The van der Waals surface area contributed by atoms with Crippen molar-refractivity contribution >= 4 is 35.0 Å². The molecule has 2 aliphatic rings. The Labute approximate surface area is 167 Å². The molecule has 4 rings (SSSR count). The molecule has 0 saturated carbocycles. The van der Waals surface area contributed by atoms with Crippen LogP contribution < -0.4 is 4.90 Å². The van der Waals surface area contributed by atoms with Crippen molar-refractivity contribution in [2.24, 2.45) is 11.8 Å². The number of carbonyl (C=O) groups is 3. The quantitative estimate of drug-likeness (QED) is 0.580. The highest BCUT2D eigenvalue weighted by molar-refractivity contribution is 6.31. The highest BCUT2D eigenvalue weighted by atomic mass is 35.5. The van der Waals surface area contributed by atoms with Gasteiger partial charge in [0.15, 0.2) is 5.76 Å². The predicted molar refractivity (Wildman–Crippen MR) is 104 cm³/mol. The molecule has 3 amide bonds. The normalized spacial score (nSPS) is 21.1. The molecule has 1 aliphatic carbocycles. The van der Waals surface area contributed by atoms with Gasteiger partial charge in [0.25, 0.3) is 5.91 Å². The van der Waals surface area contributed by atoms with Crippen LogP contribution in [0.2, 0.25) is 5.02 Å². The lowest BCUT2D eigenvalue weighted by molar-refractivity contribution is -0.139. The Morgan fingerprint density at radius 1 is 1.18 bits per heavy atom. The number of benzene rings is 1. The lowest BCUT2D eigenvalue weighted by Gasteiger charge is -2.27. The van der Waals surface area contributed by atoms with Crippen LogP contribution in [0.1, 0.15) is 29.0 Å². The molecule has 144 valence electrons. The van der Waals surface area contributed by atoms with Crippen molar-refractivity contribution in [1.29, 1.82) is 0 Å². The third kappa shape index (κ3) is 3.14. The minimum absolute atomic E-state index is 0.120. The fourth-order valence-electron chi connectivity index (χ4n) is 3.70. The number of nitrogens with zero attached hydrogens (tertiary/aromatic N) is 2. The van der Waals surface area contributed by atoms with E-state index in [2.05, 4.69) is 0 Å². The van der Waals surface area contributed by atoms with Gasteiger partial charge in [0, 0.05) is 10.7 Å². The number of allylic oxidation sites excluding steroid dienone is 2. The summed E-state index contributed by atoms with van der Waals surface area (Å²) < 4.78 is 5.24. The van der Waals surface area contributed by atoms with Crippen molar-refractivity contribution in [3.63, 3.8) is 0 Å². The van der Waals surface area contributed by atoms with Gasteiger partial charge in [-0.15, -0.1) is 0 Å². The molecule has 2 heterocycles. The molecular formula is C21H19ClN2O4. The summed E-state index contributed by atoms with van der Waals surface area (Å²) in [7, 11) is 0. The van der Waals surface area contributed by atoms with E-state index in [1.165, 1.54) is 16.1 Å². The van der Waals surface area contributed by atoms with Crippen LogP contribution in [0.15, 0.2) is 53.2 Å². The Morgan fingerprint density at radius 3 is 2.43 bits per heavy atom. The zero-order valence-corrected chi connectivity index (χ0v) is 16.1. The van der Waals surface area contributed by atoms with Crippen LogP contribution in [0.25, 0.3) is 0 Å². The monoisotopic (exact) mass is 398 g/mol. The second-order valence-electron chi connectivity index (χ2n) is 7.05. The van der Waals surface area contributed by atoms with Crippen LogP contribution in [0.4, 0.5) is 5.69 Å². The number of hydrogen-bond acceptors (Lipinski definition) is 4. The Hall–Kier alpha value is -2.86. The van der Waals surface area contributed by atoms with Gasteiger partial charge in [0.2, 0.25) is 11.8 Å². The van der Waals surface area contributed by atoms with Crippen LogP contribution >= 0.6 is 11.6 Å². The van der Waals surface area contributed by atoms with E-state index < -0.39 is 5.91 Å². The molecule has 6 nitrogen and oxygen atoms in total. The van der Waals surface area contributed by atoms with Gasteiger partial charge in [0.1, 0.15) is 6.67 Å². The number of imide groups is 1. The standard InChI is InChI=1S/C21H19ClN2O4/c1-13-8-9-14(11-17(13)22)23(21(27)18-7-4-10-28-18)12-24-19(25)15-5-2-3-6-16(15)20(24)26/h2-4,7-11,15-16H,5-6,12H2,1H3/t15-,16-/m1/s1. The van der Waals surface area contributed by atoms with E-state index in [1.54, 1.807) is 30.3 Å². The van der Waals surface area contributed by atoms with Crippen LogP contribution in [-0.4, -0.2) is 29.3 Å². The Bertz CT molecular complexity index is 941. The van der Waals surface area contributed by atoms with Crippen molar-refractivity contribution in [2.75, 3.05) is 11.6 Å². The van der Waals surface area contributed by atoms with Gasteiger partial charge in [-0.05, 0) is 49.6 Å². The number of anilines is 1. The van der Waals surface area contributed by atoms with Gasteiger partial charge >= 0.3 is 0 Å². The predicted octanol–water partition coefficient (Wildman–Crippen LogP) is 3.80. The van der Waals surface area contributed by atoms with Crippen molar-refractivity contribution in [1.82, 2.24) is 4.90 Å². The van der Waals surface area contributed by atoms with E-state index in [9.17, 15) is 14.4 Å². The van der Waals surface area contributed by atoms with Gasteiger partial charge in [0.05, 0.1) is 18.1 Å².